The van der Waals surface area contributed by atoms with Crippen molar-refractivity contribution in [1.29, 1.82) is 0 Å². The van der Waals surface area contributed by atoms with Crippen molar-refractivity contribution in [3.8, 4) is 12.3 Å². The van der Waals surface area contributed by atoms with Crippen molar-refractivity contribution in [3.63, 3.8) is 0 Å². The molecule has 0 radical (unpaired) electrons. The summed E-state index contributed by atoms with van der Waals surface area (Å²) in [5.74, 6) is 1.82. The van der Waals surface area contributed by atoms with Crippen LogP contribution in [0.1, 0.15) is 114 Å². The van der Waals surface area contributed by atoms with Crippen LogP contribution in [0.5, 0.6) is 0 Å². The third-order valence-corrected chi connectivity index (χ3v) is 15.9. The second kappa shape index (κ2) is 16.0. The van der Waals surface area contributed by atoms with E-state index < -0.39 is 26.1 Å². The predicted molar refractivity (Wildman–Crippen MR) is 196 cm³/mol. The lowest BCUT2D eigenvalue weighted by Gasteiger charge is -2.56. The Hall–Kier alpha value is -1.54. The molecule has 0 aromatic rings. The van der Waals surface area contributed by atoms with E-state index in [4.69, 9.17) is 37.3 Å². The molecule has 1 spiro atoms. The monoisotopic (exact) mass is 689 g/mol. The molecule has 3 aliphatic heterocycles. The minimum atomic E-state index is -2.11. The summed E-state index contributed by atoms with van der Waals surface area (Å²) >= 11 is 5.30. The summed E-state index contributed by atoms with van der Waals surface area (Å²) in [6.45, 7) is 24.2. The van der Waals surface area contributed by atoms with Crippen LogP contribution in [0, 0.1) is 30.1 Å². The van der Waals surface area contributed by atoms with Crippen LogP contribution in [0.15, 0.2) is 23.8 Å². The average molecular weight is 690 g/mol. The third-order valence-electron chi connectivity index (χ3n) is 11.0. The fraction of sp³-hybridized carbons (Fsp3) is 0.789. The summed E-state index contributed by atoms with van der Waals surface area (Å²) in [6, 6.07) is -0.115. The van der Waals surface area contributed by atoms with E-state index in [1.165, 1.54) is 4.90 Å². The molecule has 0 aliphatic carbocycles. The summed E-state index contributed by atoms with van der Waals surface area (Å²) < 4.78 is 26.4. The fourth-order valence-corrected chi connectivity index (χ4v) is 8.70. The maximum absolute atomic E-state index is 13.2. The molecule has 3 fully saturated rings. The Morgan fingerprint density at radius 2 is 1.96 bits per heavy atom. The molecule has 8 atom stereocenters. The normalized spacial score (nSPS) is 32.1. The molecular formula is C38H63NO6SSi. The Kier molecular flexibility index (Phi) is 13.6. The smallest absolute Gasteiger partial charge is 0.266 e. The van der Waals surface area contributed by atoms with Crippen molar-refractivity contribution in [2.45, 2.75) is 168 Å². The van der Waals surface area contributed by atoms with Gasteiger partial charge in [-0.3, -0.25) is 9.69 Å². The standard InChI is InChI=1S/C38H63NO6SSi/c1-13-15-21-37(45-47(11,12)36(8,9)10)23-30(14-2)43-38(25-37)22-20-28(6)33(44-38)19-17-27(5)16-18-32(40)29(7)34(41)39-31(26(3)4)24-42-35(39)46/h2,16-18,26,28-33,40H,13,15,19-25H2,1,3-12H3/b18-16+,27-17+/t28-,29+,30-,31+,32-,33+,37+,38+/m0/s1. The van der Waals surface area contributed by atoms with E-state index in [0.717, 1.165) is 37.7 Å². The molecule has 0 unspecified atom stereocenters. The van der Waals surface area contributed by atoms with Crippen molar-refractivity contribution < 1.29 is 28.5 Å². The van der Waals surface area contributed by atoms with Crippen LogP contribution in [0.2, 0.25) is 18.1 Å². The van der Waals surface area contributed by atoms with Crippen LogP contribution in [0.4, 0.5) is 0 Å². The molecule has 3 saturated heterocycles. The van der Waals surface area contributed by atoms with Crippen LogP contribution >= 0.6 is 12.2 Å². The molecule has 1 N–H and O–H groups in total. The maximum atomic E-state index is 13.2. The van der Waals surface area contributed by atoms with Gasteiger partial charge in [0, 0.05) is 19.3 Å². The largest absolute Gasteiger partial charge is 0.468 e. The Morgan fingerprint density at radius 1 is 1.28 bits per heavy atom. The Balaban J connectivity index is 1.74. The molecule has 0 aromatic carbocycles. The second-order valence-electron chi connectivity index (χ2n) is 16.3. The first-order valence-electron chi connectivity index (χ1n) is 17.8. The number of aliphatic hydroxyl groups excluding tert-OH is 1. The van der Waals surface area contributed by atoms with Gasteiger partial charge >= 0.3 is 0 Å². The van der Waals surface area contributed by atoms with Crippen molar-refractivity contribution >= 4 is 31.6 Å². The number of thiocarbonyl (C=S) groups is 1. The lowest BCUT2D eigenvalue weighted by atomic mass is 9.77. The average Bonchev–Trinajstić information content (AvgIpc) is 3.39. The fourth-order valence-electron chi connectivity index (χ4n) is 6.76. The van der Waals surface area contributed by atoms with E-state index in [9.17, 15) is 9.90 Å². The zero-order valence-electron chi connectivity index (χ0n) is 31.1. The first-order valence-corrected chi connectivity index (χ1v) is 21.2. The first-order chi connectivity index (χ1) is 21.8. The zero-order valence-corrected chi connectivity index (χ0v) is 32.9. The SMILES string of the molecule is C#C[C@H]1C[C@@](CCCC)(O[Si](C)(C)C(C)(C)C)C[C@]2(CC[C@H](C)[C@@H](C/C=C(C)/C=C/[C@H](O)[C@@H](C)C(=O)N3C(=S)OC[C@@H]3C(C)C)O2)O1. The number of allylic oxidation sites excluding steroid dienone is 2. The van der Waals surface area contributed by atoms with Crippen molar-refractivity contribution in [2.75, 3.05) is 6.61 Å². The van der Waals surface area contributed by atoms with E-state index in [2.05, 4.69) is 59.7 Å². The molecule has 0 bridgehead atoms. The Morgan fingerprint density at radius 3 is 2.55 bits per heavy atom. The Labute approximate surface area is 292 Å². The number of unbranched alkanes of at least 4 members (excludes halogenated alkanes) is 1. The number of hydrogen-bond acceptors (Lipinski definition) is 7. The number of terminal acetylenes is 1. The molecule has 3 heterocycles. The lowest BCUT2D eigenvalue weighted by molar-refractivity contribution is -0.338. The van der Waals surface area contributed by atoms with E-state index in [0.29, 0.717) is 31.8 Å². The maximum Gasteiger partial charge on any atom is 0.266 e. The van der Waals surface area contributed by atoms with Gasteiger partial charge in [-0.05, 0) is 68.4 Å². The highest BCUT2D eigenvalue weighted by Crippen LogP contribution is 2.51. The molecular weight excluding hydrogens is 627 g/mol. The number of aliphatic hydroxyl groups is 1. The van der Waals surface area contributed by atoms with Gasteiger partial charge in [0.25, 0.3) is 5.17 Å². The summed E-state index contributed by atoms with van der Waals surface area (Å²) in [6.07, 6.45) is 17.4. The summed E-state index contributed by atoms with van der Waals surface area (Å²) in [5, 5.41) is 11.2. The van der Waals surface area contributed by atoms with Gasteiger partial charge in [0.15, 0.2) is 14.1 Å². The molecule has 0 aromatic heterocycles. The van der Waals surface area contributed by atoms with E-state index in [-0.39, 0.29) is 45.9 Å². The van der Waals surface area contributed by atoms with Crippen LogP contribution in [0.3, 0.4) is 0 Å². The molecule has 1 amide bonds. The van der Waals surface area contributed by atoms with E-state index in [1.54, 1.807) is 13.0 Å². The second-order valence-corrected chi connectivity index (χ2v) is 21.4. The minimum absolute atomic E-state index is 0.0464. The number of ether oxygens (including phenoxy) is 3. The molecule has 9 heteroatoms. The number of hydrogen-bond donors (Lipinski definition) is 1. The number of amides is 1. The minimum Gasteiger partial charge on any atom is -0.468 e. The predicted octanol–water partition coefficient (Wildman–Crippen LogP) is 8.32. The molecule has 3 aliphatic rings. The number of nitrogens with zero attached hydrogens (tertiary/aromatic N) is 1. The molecule has 3 rings (SSSR count). The van der Waals surface area contributed by atoms with E-state index in [1.807, 2.05) is 26.8 Å². The van der Waals surface area contributed by atoms with Gasteiger partial charge in [-0.15, -0.1) is 6.42 Å². The van der Waals surface area contributed by atoms with Gasteiger partial charge < -0.3 is 23.7 Å². The van der Waals surface area contributed by atoms with Gasteiger partial charge in [-0.25, -0.2) is 0 Å². The van der Waals surface area contributed by atoms with Crippen LogP contribution in [-0.4, -0.2) is 71.8 Å². The van der Waals surface area contributed by atoms with Gasteiger partial charge in [0.1, 0.15) is 12.7 Å². The number of carbonyl (C=O) groups is 1. The molecule has 7 nitrogen and oxygen atoms in total. The summed E-state index contributed by atoms with van der Waals surface area (Å²) in [5.41, 5.74) is 0.613. The van der Waals surface area contributed by atoms with Crippen molar-refractivity contribution in [1.82, 2.24) is 4.90 Å². The quantitative estimate of drug-likeness (QED) is 0.0956. The highest BCUT2D eigenvalue weighted by molar-refractivity contribution is 7.80. The van der Waals surface area contributed by atoms with Gasteiger partial charge in [0.2, 0.25) is 5.91 Å². The molecule has 0 saturated carbocycles. The molecule has 266 valence electrons. The first kappa shape index (κ1) is 39.9. The highest BCUT2D eigenvalue weighted by Gasteiger charge is 2.56. The van der Waals surface area contributed by atoms with Gasteiger partial charge in [-0.1, -0.05) is 98.0 Å². The topological polar surface area (TPSA) is 77.5 Å². The summed E-state index contributed by atoms with van der Waals surface area (Å²) in [4.78, 5) is 14.8. The number of carbonyl (C=O) groups excluding carboxylic acids is 1. The third kappa shape index (κ3) is 9.79. The summed E-state index contributed by atoms with van der Waals surface area (Å²) in [7, 11) is -2.11. The Bertz CT molecular complexity index is 1200. The van der Waals surface area contributed by atoms with Gasteiger partial charge in [0.05, 0.1) is 29.8 Å². The lowest BCUT2D eigenvalue weighted by Crippen LogP contribution is -2.61. The number of rotatable bonds is 12. The molecule has 47 heavy (non-hydrogen) atoms. The van der Waals surface area contributed by atoms with E-state index >= 15 is 0 Å². The van der Waals surface area contributed by atoms with Gasteiger partial charge in [-0.2, -0.15) is 0 Å². The highest BCUT2D eigenvalue weighted by atomic mass is 32.1. The van der Waals surface area contributed by atoms with Crippen LogP contribution in [0.25, 0.3) is 0 Å². The van der Waals surface area contributed by atoms with Crippen LogP contribution < -0.4 is 0 Å². The zero-order chi connectivity index (χ0) is 35.4. The van der Waals surface area contributed by atoms with Crippen LogP contribution in [-0.2, 0) is 23.4 Å². The van der Waals surface area contributed by atoms with Crippen molar-refractivity contribution in [3.05, 3.63) is 23.8 Å². The van der Waals surface area contributed by atoms with Crippen molar-refractivity contribution in [2.24, 2.45) is 17.8 Å².